The van der Waals surface area contributed by atoms with E-state index in [1.807, 2.05) is 6.07 Å². The number of hydrogen-bond acceptors (Lipinski definition) is 6. The summed E-state index contributed by atoms with van der Waals surface area (Å²) in [7, 11) is 0. The third-order valence-electron chi connectivity index (χ3n) is 5.34. The molecule has 0 aromatic heterocycles. The fourth-order valence-electron chi connectivity index (χ4n) is 3.88. The third-order valence-corrected chi connectivity index (χ3v) is 5.34. The summed E-state index contributed by atoms with van der Waals surface area (Å²) in [5.41, 5.74) is 6.89. The van der Waals surface area contributed by atoms with Gasteiger partial charge >= 0.3 is 0 Å². The van der Waals surface area contributed by atoms with Crippen LogP contribution >= 0.6 is 0 Å². The molecule has 2 fully saturated rings. The Morgan fingerprint density at radius 3 is 2.57 bits per heavy atom. The third kappa shape index (κ3) is 5.28. The normalized spacial score (nSPS) is 23.8. The molecule has 3 rings (SSSR count). The fraction of sp³-hybridized carbons (Fsp3) is 0.571. The topological polar surface area (TPSA) is 123 Å². The van der Waals surface area contributed by atoms with Crippen molar-refractivity contribution in [2.75, 3.05) is 36.6 Å². The zero-order valence-electron chi connectivity index (χ0n) is 17.5. The molecule has 9 nitrogen and oxygen atoms in total. The van der Waals surface area contributed by atoms with Crippen LogP contribution in [0.4, 0.5) is 11.4 Å². The standard InChI is InChI=1S/C21H30N4O5/c1-13-11-29-12-14(2)25(13)17-6-5-15(20(27)23-8-7-19(22)26)10-16(17)24-21(28)18-4-3-9-30-18/h5-6,10,13-14,18H,3-4,7-9,11-12H2,1-2H3,(H2,22,26)(H,23,27)(H,24,28). The van der Waals surface area contributed by atoms with Crippen molar-refractivity contribution in [2.45, 2.75) is 51.3 Å². The fourth-order valence-corrected chi connectivity index (χ4v) is 3.88. The monoisotopic (exact) mass is 418 g/mol. The molecular weight excluding hydrogens is 388 g/mol. The molecule has 3 unspecified atom stereocenters. The second kappa shape index (κ2) is 9.90. The van der Waals surface area contributed by atoms with E-state index in [0.29, 0.717) is 37.5 Å². The number of primary amides is 1. The lowest BCUT2D eigenvalue weighted by atomic mass is 10.1. The Bertz CT molecular complexity index is 784. The maximum absolute atomic E-state index is 12.7. The molecule has 1 aromatic rings. The van der Waals surface area contributed by atoms with E-state index in [1.54, 1.807) is 12.1 Å². The quantitative estimate of drug-likeness (QED) is 0.608. The van der Waals surface area contributed by atoms with Gasteiger partial charge in [0.2, 0.25) is 5.91 Å². The molecule has 2 saturated heterocycles. The number of ether oxygens (including phenoxy) is 2. The van der Waals surface area contributed by atoms with Crippen LogP contribution in [0, 0.1) is 0 Å². The maximum Gasteiger partial charge on any atom is 0.253 e. The average Bonchev–Trinajstić information content (AvgIpc) is 3.23. The van der Waals surface area contributed by atoms with Gasteiger partial charge in [0.05, 0.1) is 24.6 Å². The van der Waals surface area contributed by atoms with Crippen LogP contribution < -0.4 is 21.3 Å². The van der Waals surface area contributed by atoms with E-state index >= 15 is 0 Å². The highest BCUT2D eigenvalue weighted by molar-refractivity contribution is 6.01. The van der Waals surface area contributed by atoms with Gasteiger partial charge in [-0.1, -0.05) is 0 Å². The van der Waals surface area contributed by atoms with Crippen LogP contribution in [0.5, 0.6) is 0 Å². The largest absolute Gasteiger partial charge is 0.377 e. The molecule has 9 heteroatoms. The van der Waals surface area contributed by atoms with E-state index < -0.39 is 12.0 Å². The Labute approximate surface area is 176 Å². The summed E-state index contributed by atoms with van der Waals surface area (Å²) in [5.74, 6) is -1.03. The molecule has 0 saturated carbocycles. The number of amides is 3. The van der Waals surface area contributed by atoms with Crippen LogP contribution in [0.25, 0.3) is 0 Å². The molecule has 0 spiro atoms. The predicted molar refractivity (Wildman–Crippen MR) is 112 cm³/mol. The minimum atomic E-state index is -0.481. The number of benzene rings is 1. The number of carbonyl (C=O) groups is 3. The Morgan fingerprint density at radius 2 is 1.93 bits per heavy atom. The SMILES string of the molecule is CC1COCC(C)N1c1ccc(C(=O)NCCC(N)=O)cc1NC(=O)C1CCCO1. The summed E-state index contributed by atoms with van der Waals surface area (Å²) in [6.45, 7) is 6.02. The Balaban J connectivity index is 1.86. The first-order chi connectivity index (χ1) is 14.4. The number of carbonyl (C=O) groups excluding carboxylic acids is 3. The molecule has 1 aromatic carbocycles. The van der Waals surface area contributed by atoms with Crippen molar-refractivity contribution >= 4 is 29.1 Å². The van der Waals surface area contributed by atoms with E-state index in [0.717, 1.165) is 12.1 Å². The van der Waals surface area contributed by atoms with E-state index in [1.165, 1.54) is 0 Å². The van der Waals surface area contributed by atoms with Gasteiger partial charge < -0.3 is 30.7 Å². The van der Waals surface area contributed by atoms with Crippen LogP contribution in [0.3, 0.4) is 0 Å². The van der Waals surface area contributed by atoms with Crippen molar-refractivity contribution in [1.29, 1.82) is 0 Å². The summed E-state index contributed by atoms with van der Waals surface area (Å²) < 4.78 is 11.1. The van der Waals surface area contributed by atoms with Gasteiger partial charge in [-0.05, 0) is 44.9 Å². The Kier molecular flexibility index (Phi) is 7.28. The maximum atomic E-state index is 12.7. The van der Waals surface area contributed by atoms with Crippen molar-refractivity contribution in [3.05, 3.63) is 23.8 Å². The van der Waals surface area contributed by atoms with Crippen molar-refractivity contribution in [1.82, 2.24) is 5.32 Å². The first-order valence-corrected chi connectivity index (χ1v) is 10.4. The van der Waals surface area contributed by atoms with Gasteiger partial charge in [0.25, 0.3) is 11.8 Å². The molecule has 2 heterocycles. The Hall–Kier alpha value is -2.65. The van der Waals surface area contributed by atoms with E-state index in [9.17, 15) is 14.4 Å². The Morgan fingerprint density at radius 1 is 1.20 bits per heavy atom. The van der Waals surface area contributed by atoms with Crippen molar-refractivity contribution < 1.29 is 23.9 Å². The molecule has 3 atom stereocenters. The molecule has 0 bridgehead atoms. The second-order valence-electron chi connectivity index (χ2n) is 7.84. The number of morpholine rings is 1. The molecule has 2 aliphatic rings. The number of nitrogens with zero attached hydrogens (tertiary/aromatic N) is 1. The molecule has 0 aliphatic carbocycles. The van der Waals surface area contributed by atoms with Crippen molar-refractivity contribution in [2.24, 2.45) is 5.73 Å². The molecule has 3 amide bonds. The van der Waals surface area contributed by atoms with Crippen LogP contribution in [-0.2, 0) is 19.1 Å². The zero-order valence-corrected chi connectivity index (χ0v) is 17.5. The highest BCUT2D eigenvalue weighted by atomic mass is 16.5. The second-order valence-corrected chi connectivity index (χ2v) is 7.84. The summed E-state index contributed by atoms with van der Waals surface area (Å²) in [6.07, 6.45) is 1.12. The molecule has 164 valence electrons. The lowest BCUT2D eigenvalue weighted by Crippen LogP contribution is -2.50. The summed E-state index contributed by atoms with van der Waals surface area (Å²) in [5, 5.41) is 5.63. The minimum Gasteiger partial charge on any atom is -0.377 e. The number of rotatable bonds is 7. The first kappa shape index (κ1) is 22.0. The van der Waals surface area contributed by atoms with Crippen LogP contribution in [0.2, 0.25) is 0 Å². The number of nitrogens with one attached hydrogen (secondary N) is 2. The molecule has 4 N–H and O–H groups in total. The predicted octanol–water partition coefficient (Wildman–Crippen LogP) is 1.02. The van der Waals surface area contributed by atoms with Crippen molar-refractivity contribution in [3.8, 4) is 0 Å². The average molecular weight is 418 g/mol. The minimum absolute atomic E-state index is 0.0647. The highest BCUT2D eigenvalue weighted by Gasteiger charge is 2.30. The van der Waals surface area contributed by atoms with E-state index in [-0.39, 0.29) is 36.9 Å². The van der Waals surface area contributed by atoms with Gasteiger partial charge in [-0.15, -0.1) is 0 Å². The molecule has 30 heavy (non-hydrogen) atoms. The lowest BCUT2D eigenvalue weighted by Gasteiger charge is -2.41. The van der Waals surface area contributed by atoms with E-state index in [2.05, 4.69) is 29.4 Å². The molecule has 2 aliphatic heterocycles. The van der Waals surface area contributed by atoms with Gasteiger partial charge in [0, 0.05) is 37.2 Å². The van der Waals surface area contributed by atoms with Crippen LogP contribution in [0.1, 0.15) is 43.5 Å². The summed E-state index contributed by atoms with van der Waals surface area (Å²) in [6, 6.07) is 5.44. The number of hydrogen-bond donors (Lipinski definition) is 3. The lowest BCUT2D eigenvalue weighted by molar-refractivity contribution is -0.124. The smallest absolute Gasteiger partial charge is 0.253 e. The van der Waals surface area contributed by atoms with Crippen LogP contribution in [-0.4, -0.2) is 62.3 Å². The van der Waals surface area contributed by atoms with Gasteiger partial charge in [0.1, 0.15) is 6.10 Å². The van der Waals surface area contributed by atoms with Gasteiger partial charge in [-0.3, -0.25) is 14.4 Å². The van der Waals surface area contributed by atoms with Gasteiger partial charge in [0.15, 0.2) is 0 Å². The number of anilines is 2. The van der Waals surface area contributed by atoms with Crippen LogP contribution in [0.15, 0.2) is 18.2 Å². The van der Waals surface area contributed by atoms with E-state index in [4.69, 9.17) is 15.2 Å². The zero-order chi connectivity index (χ0) is 21.7. The summed E-state index contributed by atoms with van der Waals surface area (Å²) in [4.78, 5) is 38.3. The van der Waals surface area contributed by atoms with Gasteiger partial charge in [-0.2, -0.15) is 0 Å². The molecular formula is C21H30N4O5. The summed E-state index contributed by atoms with van der Waals surface area (Å²) >= 11 is 0. The molecule has 0 radical (unpaired) electrons. The number of nitrogens with two attached hydrogens (primary N) is 1. The van der Waals surface area contributed by atoms with Gasteiger partial charge in [-0.25, -0.2) is 0 Å². The highest BCUT2D eigenvalue weighted by Crippen LogP contribution is 2.33. The first-order valence-electron chi connectivity index (χ1n) is 10.4. The van der Waals surface area contributed by atoms with Crippen molar-refractivity contribution in [3.63, 3.8) is 0 Å².